The predicted molar refractivity (Wildman–Crippen MR) is 87.1 cm³/mol. The number of hydrogen-bond donors (Lipinski definition) is 1. The van der Waals surface area contributed by atoms with Gasteiger partial charge in [0.05, 0.1) is 12.2 Å². The monoisotopic (exact) mass is 315 g/mol. The molecule has 1 aromatic carbocycles. The third-order valence-electron chi connectivity index (χ3n) is 2.90. The molecule has 1 aromatic heterocycles. The Morgan fingerprint density at radius 1 is 1.18 bits per heavy atom. The summed E-state index contributed by atoms with van der Waals surface area (Å²) in [5, 5.41) is 0. The number of nitrogens with zero attached hydrogens (tertiary/aromatic N) is 2. The van der Waals surface area contributed by atoms with Gasteiger partial charge in [0.25, 0.3) is 0 Å². The van der Waals surface area contributed by atoms with Gasteiger partial charge in [-0.15, -0.1) is 0 Å². The van der Waals surface area contributed by atoms with E-state index >= 15 is 0 Å². The van der Waals surface area contributed by atoms with Crippen molar-refractivity contribution < 1.29 is 8.42 Å². The van der Waals surface area contributed by atoms with E-state index in [0.717, 1.165) is 11.3 Å². The summed E-state index contributed by atoms with van der Waals surface area (Å²) in [6, 6.07) is 10.8. The van der Waals surface area contributed by atoms with E-state index in [4.69, 9.17) is 0 Å². The molecule has 0 atom stereocenters. The molecule has 2 rings (SSSR count). The van der Waals surface area contributed by atoms with Crippen LogP contribution >= 0.6 is 0 Å². The maximum atomic E-state index is 12.0. The molecule has 0 saturated heterocycles. The zero-order valence-electron chi connectivity index (χ0n) is 12.4. The van der Waals surface area contributed by atoms with Crippen LogP contribution in [0.5, 0.6) is 0 Å². The zero-order chi connectivity index (χ0) is 16.0. The van der Waals surface area contributed by atoms with E-state index in [1.165, 1.54) is 18.5 Å². The van der Waals surface area contributed by atoms with Crippen molar-refractivity contribution in [2.75, 3.05) is 25.5 Å². The van der Waals surface area contributed by atoms with Gasteiger partial charge in [-0.2, -0.15) is 4.72 Å². The van der Waals surface area contributed by atoms with Crippen LogP contribution in [0.2, 0.25) is 0 Å². The summed E-state index contributed by atoms with van der Waals surface area (Å²) in [6.07, 6.45) is 2.83. The fourth-order valence-corrected chi connectivity index (χ4v) is 2.72. The van der Waals surface area contributed by atoms with Crippen LogP contribution in [0.1, 0.15) is 5.56 Å². The number of para-hydroxylation sites is 1. The zero-order valence-corrected chi connectivity index (χ0v) is 13.3. The molecule has 22 heavy (non-hydrogen) atoms. The molecule has 0 aliphatic heterocycles. The first-order valence-corrected chi connectivity index (χ1v) is 8.14. The highest BCUT2D eigenvalue weighted by molar-refractivity contribution is 7.89. The van der Waals surface area contributed by atoms with Crippen LogP contribution in [-0.2, 0) is 10.0 Å². The molecular formula is C16H17N3O2S. The summed E-state index contributed by atoms with van der Waals surface area (Å²) in [6.45, 7) is 0.0407. The Bertz CT molecular complexity index is 791. The van der Waals surface area contributed by atoms with Crippen LogP contribution < -0.4 is 9.62 Å². The number of aromatic nitrogens is 1. The number of sulfonamides is 1. The maximum Gasteiger partial charge on any atom is 0.242 e. The third-order valence-corrected chi connectivity index (χ3v) is 4.29. The quantitative estimate of drug-likeness (QED) is 0.868. The highest BCUT2D eigenvalue weighted by Crippen LogP contribution is 2.16. The van der Waals surface area contributed by atoms with Crippen molar-refractivity contribution in [1.82, 2.24) is 9.71 Å². The van der Waals surface area contributed by atoms with Gasteiger partial charge in [-0.1, -0.05) is 24.0 Å². The van der Waals surface area contributed by atoms with Crippen molar-refractivity contribution in [2.45, 2.75) is 4.90 Å². The third kappa shape index (κ3) is 4.07. The van der Waals surface area contributed by atoms with Gasteiger partial charge in [-0.05, 0) is 24.3 Å². The number of rotatable bonds is 4. The lowest BCUT2D eigenvalue weighted by Gasteiger charge is -2.13. The Morgan fingerprint density at radius 3 is 2.64 bits per heavy atom. The molecule has 1 N–H and O–H groups in total. The van der Waals surface area contributed by atoms with Crippen molar-refractivity contribution in [3.05, 3.63) is 54.4 Å². The van der Waals surface area contributed by atoms with Crippen molar-refractivity contribution in [3.63, 3.8) is 0 Å². The van der Waals surface area contributed by atoms with E-state index in [-0.39, 0.29) is 11.4 Å². The van der Waals surface area contributed by atoms with Crippen LogP contribution in [0, 0.1) is 11.8 Å². The van der Waals surface area contributed by atoms with Crippen LogP contribution in [-0.4, -0.2) is 34.0 Å². The SMILES string of the molecule is CN(C)c1ccccc1C#CCNS(=O)(=O)c1cccnc1. The van der Waals surface area contributed by atoms with Gasteiger partial charge in [0.2, 0.25) is 10.0 Å². The highest BCUT2D eigenvalue weighted by atomic mass is 32.2. The number of hydrogen-bond acceptors (Lipinski definition) is 4. The number of nitrogens with one attached hydrogen (secondary N) is 1. The van der Waals surface area contributed by atoms with E-state index in [2.05, 4.69) is 21.5 Å². The van der Waals surface area contributed by atoms with E-state index < -0.39 is 10.0 Å². The number of anilines is 1. The van der Waals surface area contributed by atoms with Gasteiger partial charge in [0.15, 0.2) is 0 Å². The molecular weight excluding hydrogens is 298 g/mol. The Labute approximate surface area is 131 Å². The van der Waals surface area contributed by atoms with E-state index in [0.29, 0.717) is 0 Å². The van der Waals surface area contributed by atoms with Crippen molar-refractivity contribution in [1.29, 1.82) is 0 Å². The van der Waals surface area contributed by atoms with E-state index in [1.54, 1.807) is 6.07 Å². The lowest BCUT2D eigenvalue weighted by Crippen LogP contribution is -2.24. The van der Waals surface area contributed by atoms with Crippen molar-refractivity contribution >= 4 is 15.7 Å². The summed E-state index contributed by atoms with van der Waals surface area (Å²) >= 11 is 0. The molecule has 0 spiro atoms. The molecule has 0 radical (unpaired) electrons. The molecule has 0 bridgehead atoms. The van der Waals surface area contributed by atoms with Crippen molar-refractivity contribution in [3.8, 4) is 11.8 Å². The molecule has 5 nitrogen and oxygen atoms in total. The van der Waals surface area contributed by atoms with Gasteiger partial charge in [-0.25, -0.2) is 8.42 Å². The Morgan fingerprint density at radius 2 is 1.95 bits per heavy atom. The fraction of sp³-hybridized carbons (Fsp3) is 0.188. The summed E-state index contributed by atoms with van der Waals surface area (Å²) < 4.78 is 26.4. The second-order valence-corrected chi connectivity index (χ2v) is 6.49. The average molecular weight is 315 g/mol. The maximum absolute atomic E-state index is 12.0. The minimum Gasteiger partial charge on any atom is -0.377 e. The summed E-state index contributed by atoms with van der Waals surface area (Å²) in [5.41, 5.74) is 1.85. The topological polar surface area (TPSA) is 62.3 Å². The number of pyridine rings is 1. The molecule has 1 heterocycles. The molecule has 6 heteroatoms. The van der Waals surface area contributed by atoms with Gasteiger partial charge < -0.3 is 4.90 Å². The minimum atomic E-state index is -3.57. The smallest absolute Gasteiger partial charge is 0.242 e. The highest BCUT2D eigenvalue weighted by Gasteiger charge is 2.11. The first kappa shape index (κ1) is 16.0. The van der Waals surface area contributed by atoms with Gasteiger partial charge in [0, 0.05) is 32.1 Å². The molecule has 2 aromatic rings. The Kier molecular flexibility index (Phi) is 5.15. The molecule has 0 fully saturated rings. The summed E-state index contributed by atoms with van der Waals surface area (Å²) in [4.78, 5) is 5.89. The second kappa shape index (κ2) is 7.07. The lowest BCUT2D eigenvalue weighted by atomic mass is 10.1. The average Bonchev–Trinajstić information content (AvgIpc) is 2.53. The van der Waals surface area contributed by atoms with Crippen LogP contribution in [0.15, 0.2) is 53.7 Å². The van der Waals surface area contributed by atoms with Crippen LogP contribution in [0.3, 0.4) is 0 Å². The minimum absolute atomic E-state index is 0.0407. The standard InChI is InChI=1S/C16H17N3O2S/c1-19(2)16-10-4-3-7-14(16)8-5-12-18-22(20,21)15-9-6-11-17-13-15/h3-4,6-7,9-11,13,18H,12H2,1-2H3. The lowest BCUT2D eigenvalue weighted by molar-refractivity contribution is 0.585. The molecule has 0 aliphatic rings. The summed E-state index contributed by atoms with van der Waals surface area (Å²) in [7, 11) is 0.306. The van der Waals surface area contributed by atoms with Crippen molar-refractivity contribution in [2.24, 2.45) is 0 Å². The predicted octanol–water partition coefficient (Wildman–Crippen LogP) is 1.48. The fourth-order valence-electron chi connectivity index (χ4n) is 1.83. The molecule has 114 valence electrons. The van der Waals surface area contributed by atoms with E-state index in [9.17, 15) is 8.42 Å². The van der Waals surface area contributed by atoms with E-state index in [1.807, 2.05) is 43.3 Å². The first-order chi connectivity index (χ1) is 10.5. The largest absolute Gasteiger partial charge is 0.377 e. The Hall–Kier alpha value is -2.36. The Balaban J connectivity index is 2.07. The van der Waals surface area contributed by atoms with Crippen LogP contribution in [0.4, 0.5) is 5.69 Å². The second-order valence-electron chi connectivity index (χ2n) is 4.73. The van der Waals surface area contributed by atoms with Gasteiger partial charge in [0.1, 0.15) is 4.90 Å². The first-order valence-electron chi connectivity index (χ1n) is 6.65. The number of benzene rings is 1. The molecule has 0 unspecified atom stereocenters. The summed E-state index contributed by atoms with van der Waals surface area (Å²) in [5.74, 6) is 5.82. The molecule has 0 saturated carbocycles. The normalized spacial score (nSPS) is 10.6. The molecule has 0 amide bonds. The van der Waals surface area contributed by atoms with Crippen LogP contribution in [0.25, 0.3) is 0 Å². The molecule has 0 aliphatic carbocycles. The van der Waals surface area contributed by atoms with Gasteiger partial charge >= 0.3 is 0 Å². The van der Waals surface area contributed by atoms with Gasteiger partial charge in [-0.3, -0.25) is 4.98 Å².